The maximum atomic E-state index is 9.86. The highest BCUT2D eigenvalue weighted by Gasteiger charge is 2.26. The topological polar surface area (TPSA) is 62.0 Å². The van der Waals surface area contributed by atoms with E-state index in [0.717, 1.165) is 58.7 Å². The van der Waals surface area contributed by atoms with E-state index in [2.05, 4.69) is 9.80 Å². The first-order valence-electron chi connectivity index (χ1n) is 7.34. The summed E-state index contributed by atoms with van der Waals surface area (Å²) >= 11 is 0. The molecule has 0 radical (unpaired) electrons. The Morgan fingerprint density at radius 1 is 1.26 bits per heavy atom. The van der Waals surface area contributed by atoms with Crippen molar-refractivity contribution in [1.82, 2.24) is 9.80 Å². The average Bonchev–Trinajstić information content (AvgIpc) is 2.34. The van der Waals surface area contributed by atoms with Crippen LogP contribution in [0, 0.1) is 0 Å². The summed E-state index contributed by atoms with van der Waals surface area (Å²) in [6.07, 6.45) is 2.16. The van der Waals surface area contributed by atoms with Crippen LogP contribution in [0.4, 0.5) is 0 Å². The maximum absolute atomic E-state index is 9.86. The fraction of sp³-hybridized carbons (Fsp3) is 1.00. The molecular weight excluding hydrogens is 242 g/mol. The van der Waals surface area contributed by atoms with Gasteiger partial charge in [-0.25, -0.2) is 0 Å². The molecule has 1 aliphatic rings. The number of nitrogens with two attached hydrogens (primary N) is 1. The van der Waals surface area contributed by atoms with E-state index in [0.29, 0.717) is 6.04 Å². The van der Waals surface area contributed by atoms with Crippen LogP contribution < -0.4 is 5.73 Å². The number of nitrogens with zero attached hydrogens (tertiary/aromatic N) is 2. The number of hydrogen-bond acceptors (Lipinski definition) is 5. The van der Waals surface area contributed by atoms with Crippen molar-refractivity contribution in [2.24, 2.45) is 5.73 Å². The molecule has 1 rings (SSSR count). The second-order valence-corrected chi connectivity index (χ2v) is 6.16. The molecule has 0 amide bonds. The van der Waals surface area contributed by atoms with Crippen LogP contribution in [0.25, 0.3) is 0 Å². The van der Waals surface area contributed by atoms with E-state index in [-0.39, 0.29) is 0 Å². The number of aliphatic hydroxyl groups is 1. The Morgan fingerprint density at radius 3 is 2.37 bits per heavy atom. The molecule has 1 heterocycles. The molecule has 5 heteroatoms. The molecule has 1 fully saturated rings. The van der Waals surface area contributed by atoms with Gasteiger partial charge in [0.1, 0.15) is 0 Å². The highest BCUT2D eigenvalue weighted by molar-refractivity contribution is 4.81. The average molecular weight is 273 g/mol. The van der Waals surface area contributed by atoms with Crippen molar-refractivity contribution in [3.05, 3.63) is 0 Å². The van der Waals surface area contributed by atoms with Gasteiger partial charge in [-0.2, -0.15) is 0 Å². The molecule has 0 aromatic rings. The number of ether oxygens (including phenoxy) is 1. The highest BCUT2D eigenvalue weighted by Crippen LogP contribution is 2.13. The van der Waals surface area contributed by atoms with Gasteiger partial charge in [-0.05, 0) is 33.2 Å². The van der Waals surface area contributed by atoms with Crippen LogP contribution in [0.15, 0.2) is 0 Å². The third-order valence-corrected chi connectivity index (χ3v) is 3.63. The lowest BCUT2D eigenvalue weighted by atomic mass is 10.1. The van der Waals surface area contributed by atoms with Crippen molar-refractivity contribution in [3.8, 4) is 0 Å². The Kier molecular flexibility index (Phi) is 7.25. The Bertz CT molecular complexity index is 235. The molecule has 0 aromatic carbocycles. The lowest BCUT2D eigenvalue weighted by Gasteiger charge is -2.40. The normalized spacial score (nSPS) is 20.7. The standard InChI is InChI=1S/C14H31N3O2/c1-14(2,18)12-16-7-9-17(10-8-16)13(11-19-3)5-4-6-15/h13,18H,4-12,15H2,1-3H3. The zero-order valence-electron chi connectivity index (χ0n) is 12.8. The van der Waals surface area contributed by atoms with E-state index < -0.39 is 5.60 Å². The van der Waals surface area contributed by atoms with Gasteiger partial charge in [0.25, 0.3) is 0 Å². The molecule has 1 unspecified atom stereocenters. The maximum Gasteiger partial charge on any atom is 0.0718 e. The van der Waals surface area contributed by atoms with Gasteiger partial charge >= 0.3 is 0 Å². The number of hydrogen-bond donors (Lipinski definition) is 2. The number of β-amino-alcohol motifs (C(OH)–C–C–N with tert-alkyl or cyclic N) is 1. The number of rotatable bonds is 8. The summed E-state index contributed by atoms with van der Waals surface area (Å²) in [5.74, 6) is 0. The minimum atomic E-state index is -0.604. The molecule has 1 saturated heterocycles. The minimum Gasteiger partial charge on any atom is -0.389 e. The second kappa shape index (κ2) is 8.17. The third-order valence-electron chi connectivity index (χ3n) is 3.63. The third kappa shape index (κ3) is 6.68. The zero-order chi connectivity index (χ0) is 14.3. The second-order valence-electron chi connectivity index (χ2n) is 6.16. The summed E-state index contributed by atoms with van der Waals surface area (Å²) in [4.78, 5) is 4.84. The van der Waals surface area contributed by atoms with Crippen molar-refractivity contribution in [1.29, 1.82) is 0 Å². The largest absolute Gasteiger partial charge is 0.389 e. The molecule has 19 heavy (non-hydrogen) atoms. The molecule has 0 spiro atoms. The number of methoxy groups -OCH3 is 1. The van der Waals surface area contributed by atoms with Gasteiger partial charge in [0.15, 0.2) is 0 Å². The molecule has 0 saturated carbocycles. The van der Waals surface area contributed by atoms with Gasteiger partial charge < -0.3 is 15.6 Å². The van der Waals surface area contributed by atoms with Gasteiger partial charge in [-0.1, -0.05) is 0 Å². The lowest BCUT2D eigenvalue weighted by molar-refractivity contribution is 0.000375. The van der Waals surface area contributed by atoms with Crippen LogP contribution in [0.1, 0.15) is 26.7 Å². The SMILES string of the molecule is COCC(CCCN)N1CCN(CC(C)(C)O)CC1. The molecule has 0 aliphatic carbocycles. The quantitative estimate of drug-likeness (QED) is 0.658. The molecule has 3 N–H and O–H groups in total. The van der Waals surface area contributed by atoms with Crippen LogP contribution in [0.5, 0.6) is 0 Å². The molecular formula is C14H31N3O2. The van der Waals surface area contributed by atoms with Gasteiger partial charge in [0.05, 0.1) is 12.2 Å². The first-order valence-corrected chi connectivity index (χ1v) is 7.34. The summed E-state index contributed by atoms with van der Waals surface area (Å²) in [6, 6.07) is 0.484. The van der Waals surface area contributed by atoms with Gasteiger partial charge in [-0.15, -0.1) is 0 Å². The van der Waals surface area contributed by atoms with E-state index in [1.807, 2.05) is 13.8 Å². The van der Waals surface area contributed by atoms with Crippen LogP contribution in [-0.2, 0) is 4.74 Å². The van der Waals surface area contributed by atoms with Crippen LogP contribution >= 0.6 is 0 Å². The van der Waals surface area contributed by atoms with Gasteiger partial charge in [0, 0.05) is 45.9 Å². The van der Waals surface area contributed by atoms with Crippen LogP contribution in [-0.4, -0.2) is 79.5 Å². The van der Waals surface area contributed by atoms with E-state index in [4.69, 9.17) is 10.5 Å². The summed E-state index contributed by atoms with van der Waals surface area (Å²) in [7, 11) is 1.76. The Balaban J connectivity index is 2.37. The predicted octanol–water partition coefficient (Wildman–Crippen LogP) is 0.129. The van der Waals surface area contributed by atoms with Crippen molar-refractivity contribution < 1.29 is 9.84 Å². The fourth-order valence-electron chi connectivity index (χ4n) is 2.75. The summed E-state index contributed by atoms with van der Waals surface area (Å²) in [5, 5.41) is 9.86. The molecule has 114 valence electrons. The molecule has 1 atom stereocenters. The Labute approximate surface area is 117 Å². The number of piperazine rings is 1. The highest BCUT2D eigenvalue weighted by atomic mass is 16.5. The Hall–Kier alpha value is -0.200. The smallest absolute Gasteiger partial charge is 0.0718 e. The minimum absolute atomic E-state index is 0.484. The predicted molar refractivity (Wildman–Crippen MR) is 78.3 cm³/mol. The van der Waals surface area contributed by atoms with Crippen molar-refractivity contribution in [2.75, 3.05) is 53.0 Å². The monoisotopic (exact) mass is 273 g/mol. The lowest BCUT2D eigenvalue weighted by Crippen LogP contribution is -2.54. The Morgan fingerprint density at radius 2 is 1.89 bits per heavy atom. The van der Waals surface area contributed by atoms with Gasteiger partial charge in [-0.3, -0.25) is 9.80 Å². The van der Waals surface area contributed by atoms with Gasteiger partial charge in [0.2, 0.25) is 0 Å². The molecule has 0 aromatic heterocycles. The van der Waals surface area contributed by atoms with E-state index in [1.54, 1.807) is 7.11 Å². The molecule has 0 bridgehead atoms. The first kappa shape index (κ1) is 16.9. The summed E-state index contributed by atoms with van der Waals surface area (Å²) in [6.45, 7) is 10.2. The van der Waals surface area contributed by atoms with Crippen LogP contribution in [0.3, 0.4) is 0 Å². The fourth-order valence-corrected chi connectivity index (χ4v) is 2.75. The van der Waals surface area contributed by atoms with Crippen LogP contribution in [0.2, 0.25) is 0 Å². The molecule has 5 nitrogen and oxygen atoms in total. The van der Waals surface area contributed by atoms with Crippen molar-refractivity contribution in [3.63, 3.8) is 0 Å². The van der Waals surface area contributed by atoms with Crippen molar-refractivity contribution in [2.45, 2.75) is 38.3 Å². The van der Waals surface area contributed by atoms with E-state index >= 15 is 0 Å². The van der Waals surface area contributed by atoms with E-state index in [1.165, 1.54) is 0 Å². The molecule has 1 aliphatic heterocycles. The zero-order valence-corrected chi connectivity index (χ0v) is 12.8. The summed E-state index contributed by atoms with van der Waals surface area (Å²) in [5.41, 5.74) is 5.00. The van der Waals surface area contributed by atoms with E-state index in [9.17, 15) is 5.11 Å². The summed E-state index contributed by atoms with van der Waals surface area (Å²) < 4.78 is 5.33. The first-order chi connectivity index (χ1) is 8.96. The van der Waals surface area contributed by atoms with Crippen molar-refractivity contribution >= 4 is 0 Å².